The van der Waals surface area contributed by atoms with Gasteiger partial charge in [0, 0.05) is 25.3 Å². The minimum Gasteiger partial charge on any atom is -0.491 e. The molecule has 0 spiro atoms. The van der Waals surface area contributed by atoms with Crippen molar-refractivity contribution >= 4 is 11.6 Å². The van der Waals surface area contributed by atoms with E-state index in [2.05, 4.69) is 17.1 Å². The summed E-state index contributed by atoms with van der Waals surface area (Å²) in [6.07, 6.45) is 0. The Labute approximate surface area is 149 Å². The number of hydrogen-bond donors (Lipinski definition) is 1. The Morgan fingerprint density at radius 2 is 1.68 bits per heavy atom. The topological polar surface area (TPSA) is 50.8 Å². The number of ether oxygens (including phenoxy) is 2. The van der Waals surface area contributed by atoms with Gasteiger partial charge in [0.1, 0.15) is 19.0 Å². The van der Waals surface area contributed by atoms with E-state index in [0.29, 0.717) is 19.8 Å². The van der Waals surface area contributed by atoms with E-state index in [1.54, 1.807) is 0 Å². The van der Waals surface area contributed by atoms with Crippen LogP contribution >= 0.6 is 0 Å². The molecule has 134 valence electrons. The molecule has 2 aromatic carbocycles. The Morgan fingerprint density at radius 3 is 2.36 bits per heavy atom. The van der Waals surface area contributed by atoms with Crippen LogP contribution in [0.15, 0.2) is 60.7 Å². The number of amides is 1. The lowest BCUT2D eigenvalue weighted by molar-refractivity contribution is -0.125. The number of benzene rings is 2. The summed E-state index contributed by atoms with van der Waals surface area (Å²) in [7, 11) is 2.02. The van der Waals surface area contributed by atoms with Crippen molar-refractivity contribution in [3.63, 3.8) is 0 Å². The van der Waals surface area contributed by atoms with Crippen LogP contribution in [0.2, 0.25) is 0 Å². The first-order chi connectivity index (χ1) is 12.2. The lowest BCUT2D eigenvalue weighted by atomic mass is 10.2. The van der Waals surface area contributed by atoms with Gasteiger partial charge in [-0.15, -0.1) is 0 Å². The van der Waals surface area contributed by atoms with Gasteiger partial charge in [-0.05, 0) is 31.2 Å². The Balaban J connectivity index is 1.57. The van der Waals surface area contributed by atoms with Crippen molar-refractivity contribution in [1.82, 2.24) is 5.32 Å². The third kappa shape index (κ3) is 6.85. The quantitative estimate of drug-likeness (QED) is 0.675. The number of carbonyl (C=O) groups excluding carboxylic acids is 1. The first-order valence-corrected chi connectivity index (χ1v) is 8.47. The fourth-order valence-electron chi connectivity index (χ4n) is 2.27. The number of nitrogens with zero attached hydrogens (tertiary/aromatic N) is 1. The highest BCUT2D eigenvalue weighted by molar-refractivity contribution is 5.77. The largest absolute Gasteiger partial charge is 0.491 e. The van der Waals surface area contributed by atoms with Crippen molar-refractivity contribution < 1.29 is 14.3 Å². The number of nitrogens with one attached hydrogen (secondary N) is 1. The van der Waals surface area contributed by atoms with Gasteiger partial charge in [-0.1, -0.05) is 36.4 Å². The molecule has 5 nitrogen and oxygen atoms in total. The molecule has 0 unspecified atom stereocenters. The lowest BCUT2D eigenvalue weighted by Gasteiger charge is -2.27. The van der Waals surface area contributed by atoms with Crippen LogP contribution in [0.3, 0.4) is 0 Å². The normalized spacial score (nSPS) is 11.6. The standard InChI is InChI=1S/C20H26N2O3/c1-17(22(2)18-9-5-3-6-10-18)15-21-20(23)16-24-13-14-25-19-11-7-4-8-12-19/h3-12,17H,13-16H2,1-2H3,(H,21,23)/t17-/m1/s1. The van der Waals surface area contributed by atoms with E-state index in [0.717, 1.165) is 11.4 Å². The van der Waals surface area contributed by atoms with Gasteiger partial charge in [-0.25, -0.2) is 0 Å². The fraction of sp³-hybridized carbons (Fsp3) is 0.350. The molecule has 0 aromatic heterocycles. The van der Waals surface area contributed by atoms with Crippen molar-refractivity contribution in [1.29, 1.82) is 0 Å². The number of rotatable bonds is 10. The average Bonchev–Trinajstić information content (AvgIpc) is 2.66. The second kappa shape index (κ2) is 10.4. The predicted molar refractivity (Wildman–Crippen MR) is 100 cm³/mol. The third-order valence-electron chi connectivity index (χ3n) is 3.89. The molecule has 0 radical (unpaired) electrons. The molecule has 0 aliphatic rings. The van der Waals surface area contributed by atoms with E-state index in [-0.39, 0.29) is 18.6 Å². The zero-order valence-corrected chi connectivity index (χ0v) is 14.9. The van der Waals surface area contributed by atoms with Crippen LogP contribution in [-0.2, 0) is 9.53 Å². The van der Waals surface area contributed by atoms with Crippen molar-refractivity contribution in [2.75, 3.05) is 38.3 Å². The first-order valence-electron chi connectivity index (χ1n) is 8.47. The van der Waals surface area contributed by atoms with Gasteiger partial charge in [0.15, 0.2) is 0 Å². The van der Waals surface area contributed by atoms with Gasteiger partial charge in [0.25, 0.3) is 0 Å². The monoisotopic (exact) mass is 342 g/mol. The molecule has 2 aromatic rings. The molecule has 1 N–H and O–H groups in total. The molecule has 0 aliphatic heterocycles. The molecule has 5 heteroatoms. The minimum atomic E-state index is -0.118. The Morgan fingerprint density at radius 1 is 1.04 bits per heavy atom. The zero-order valence-electron chi connectivity index (χ0n) is 14.9. The fourth-order valence-corrected chi connectivity index (χ4v) is 2.27. The maximum atomic E-state index is 11.8. The summed E-state index contributed by atoms with van der Waals surface area (Å²) in [6.45, 7) is 3.47. The summed E-state index contributed by atoms with van der Waals surface area (Å²) in [5.41, 5.74) is 1.12. The van der Waals surface area contributed by atoms with E-state index in [4.69, 9.17) is 9.47 Å². The summed E-state index contributed by atoms with van der Waals surface area (Å²) < 4.78 is 10.8. The summed E-state index contributed by atoms with van der Waals surface area (Å²) in [5, 5.41) is 2.90. The van der Waals surface area contributed by atoms with Crippen LogP contribution in [0, 0.1) is 0 Å². The number of carbonyl (C=O) groups is 1. The van der Waals surface area contributed by atoms with Gasteiger partial charge in [0.05, 0.1) is 6.61 Å². The van der Waals surface area contributed by atoms with Gasteiger partial charge in [0.2, 0.25) is 5.91 Å². The van der Waals surface area contributed by atoms with Crippen molar-refractivity contribution in [2.45, 2.75) is 13.0 Å². The Hall–Kier alpha value is -2.53. The average molecular weight is 342 g/mol. The number of hydrogen-bond acceptors (Lipinski definition) is 4. The summed E-state index contributed by atoms with van der Waals surface area (Å²) in [6, 6.07) is 19.8. The molecule has 25 heavy (non-hydrogen) atoms. The maximum absolute atomic E-state index is 11.8. The van der Waals surface area contributed by atoms with Crippen molar-refractivity contribution in [2.24, 2.45) is 0 Å². The molecular formula is C20H26N2O3. The molecule has 2 rings (SSSR count). The third-order valence-corrected chi connectivity index (χ3v) is 3.89. The highest BCUT2D eigenvalue weighted by atomic mass is 16.5. The van der Waals surface area contributed by atoms with Gasteiger partial charge in [-0.2, -0.15) is 0 Å². The van der Waals surface area contributed by atoms with Crippen LogP contribution < -0.4 is 15.0 Å². The highest BCUT2D eigenvalue weighted by Gasteiger charge is 2.11. The molecule has 1 amide bonds. The van der Waals surface area contributed by atoms with Gasteiger partial charge >= 0.3 is 0 Å². The maximum Gasteiger partial charge on any atom is 0.246 e. The van der Waals surface area contributed by atoms with Crippen molar-refractivity contribution in [3.05, 3.63) is 60.7 Å². The second-order valence-corrected chi connectivity index (χ2v) is 5.81. The zero-order chi connectivity index (χ0) is 17.9. The summed E-state index contributed by atoms with van der Waals surface area (Å²) in [4.78, 5) is 14.0. The van der Waals surface area contributed by atoms with Crippen LogP contribution in [0.5, 0.6) is 5.75 Å². The molecule has 1 atom stereocenters. The van der Waals surface area contributed by atoms with E-state index in [1.165, 1.54) is 0 Å². The summed E-state index contributed by atoms with van der Waals surface area (Å²) in [5.74, 6) is 0.682. The smallest absolute Gasteiger partial charge is 0.246 e. The van der Waals surface area contributed by atoms with Crippen LogP contribution in [0.4, 0.5) is 5.69 Å². The highest BCUT2D eigenvalue weighted by Crippen LogP contribution is 2.13. The number of likely N-dealkylation sites (N-methyl/N-ethyl adjacent to an activating group) is 1. The number of anilines is 1. The summed E-state index contributed by atoms with van der Waals surface area (Å²) >= 11 is 0. The lowest BCUT2D eigenvalue weighted by Crippen LogP contribution is -2.41. The van der Waals surface area contributed by atoms with Gasteiger partial charge < -0.3 is 19.7 Å². The first kappa shape index (κ1) is 18.8. The minimum absolute atomic E-state index is 0.0416. The van der Waals surface area contributed by atoms with Gasteiger partial charge in [-0.3, -0.25) is 4.79 Å². The molecule has 0 saturated carbocycles. The molecule has 0 aliphatic carbocycles. The van der Waals surface area contributed by atoms with E-state index in [9.17, 15) is 4.79 Å². The second-order valence-electron chi connectivity index (χ2n) is 5.81. The van der Waals surface area contributed by atoms with Crippen LogP contribution in [0.1, 0.15) is 6.92 Å². The molecule has 0 saturated heterocycles. The van der Waals surface area contributed by atoms with Crippen molar-refractivity contribution in [3.8, 4) is 5.75 Å². The van der Waals surface area contributed by atoms with Crippen LogP contribution in [-0.4, -0.2) is 45.4 Å². The van der Waals surface area contributed by atoms with Crippen LogP contribution in [0.25, 0.3) is 0 Å². The Bertz CT molecular complexity index is 619. The molecule has 0 heterocycles. The SMILES string of the molecule is C[C@H](CNC(=O)COCCOc1ccccc1)N(C)c1ccccc1. The van der Waals surface area contributed by atoms with E-state index >= 15 is 0 Å². The predicted octanol–water partition coefficient (Wildman–Crippen LogP) is 2.72. The molecule has 0 bridgehead atoms. The number of para-hydroxylation sites is 2. The Kier molecular flexibility index (Phi) is 7.79. The van der Waals surface area contributed by atoms with E-state index < -0.39 is 0 Å². The molecule has 0 fully saturated rings. The molecular weight excluding hydrogens is 316 g/mol. The van der Waals surface area contributed by atoms with E-state index in [1.807, 2.05) is 67.7 Å².